The highest BCUT2D eigenvalue weighted by Gasteiger charge is 2.20. The summed E-state index contributed by atoms with van der Waals surface area (Å²) in [5, 5.41) is 8.31. The summed E-state index contributed by atoms with van der Waals surface area (Å²) in [5.41, 5.74) is 3.94. The van der Waals surface area contributed by atoms with Gasteiger partial charge in [-0.1, -0.05) is 11.6 Å². The minimum Gasteiger partial charge on any atom is -0.381 e. The summed E-state index contributed by atoms with van der Waals surface area (Å²) in [4.78, 5) is 16.8. The van der Waals surface area contributed by atoms with Crippen LogP contribution in [0.1, 0.15) is 21.6 Å². The Morgan fingerprint density at radius 1 is 1.06 bits per heavy atom. The molecule has 0 radical (unpaired) electrons. The molecule has 2 aromatic carbocycles. The second kappa shape index (κ2) is 9.08. The largest absolute Gasteiger partial charge is 0.381 e. The van der Waals surface area contributed by atoms with Crippen molar-refractivity contribution in [1.29, 1.82) is 0 Å². The molecule has 31 heavy (non-hydrogen) atoms. The monoisotopic (exact) mass is 441 g/mol. The summed E-state index contributed by atoms with van der Waals surface area (Å²) >= 11 is 6.55. The van der Waals surface area contributed by atoms with Crippen molar-refractivity contribution in [3.8, 4) is 5.69 Å². The van der Waals surface area contributed by atoms with Gasteiger partial charge in [0.1, 0.15) is 11.0 Å². The number of nitrogens with zero attached hydrogens (tertiary/aromatic N) is 4. The lowest BCUT2D eigenvalue weighted by Gasteiger charge is -2.32. The molecule has 1 amide bonds. The van der Waals surface area contributed by atoms with Crippen molar-refractivity contribution < 1.29 is 9.18 Å². The van der Waals surface area contributed by atoms with Gasteiger partial charge >= 0.3 is 0 Å². The molecule has 3 aromatic rings. The maximum absolute atomic E-state index is 13.2. The minimum atomic E-state index is -0.305. The molecule has 6 nitrogen and oxygen atoms in total. The fourth-order valence-electron chi connectivity index (χ4n) is 3.60. The third-order valence-corrected chi connectivity index (χ3v) is 5.97. The number of hydrogen-bond acceptors (Lipinski definition) is 4. The number of amides is 1. The molecule has 0 unspecified atom stereocenters. The number of anilines is 1. The molecule has 1 aliphatic heterocycles. The topological polar surface area (TPSA) is 53.4 Å². The van der Waals surface area contributed by atoms with E-state index in [1.54, 1.807) is 16.8 Å². The molecule has 8 heteroatoms. The summed E-state index contributed by atoms with van der Waals surface area (Å²) in [5.74, 6) is -0.237. The Kier molecular flexibility index (Phi) is 6.25. The highest BCUT2D eigenvalue weighted by atomic mass is 35.5. The van der Waals surface area contributed by atoms with Crippen molar-refractivity contribution in [2.45, 2.75) is 13.5 Å². The summed E-state index contributed by atoms with van der Waals surface area (Å²) in [6, 6.07) is 13.5. The number of halogens is 2. The van der Waals surface area contributed by atoms with E-state index >= 15 is 0 Å². The van der Waals surface area contributed by atoms with Gasteiger partial charge in [-0.15, -0.1) is 0 Å². The smallest absolute Gasteiger partial charge is 0.253 e. The van der Waals surface area contributed by atoms with Gasteiger partial charge < -0.3 is 15.1 Å². The van der Waals surface area contributed by atoms with Crippen LogP contribution in [0.2, 0.25) is 5.15 Å². The number of aromatic nitrogens is 2. The van der Waals surface area contributed by atoms with E-state index in [0.29, 0.717) is 22.9 Å². The lowest BCUT2D eigenvalue weighted by atomic mass is 10.1. The number of rotatable bonds is 5. The van der Waals surface area contributed by atoms with Crippen LogP contribution in [0.25, 0.3) is 5.69 Å². The standard InChI is InChI=1S/C23H25ClFN5O/c1-16-21(22(24)30(27-16)20-9-5-18(25)6-10-20)15-26-19-7-3-17(4-8-19)23(31)29-13-11-28(2)12-14-29/h3-10,26H,11-15H2,1-2H3. The van der Waals surface area contributed by atoms with Crippen molar-refractivity contribution in [2.75, 3.05) is 38.5 Å². The normalized spacial score (nSPS) is 14.6. The van der Waals surface area contributed by atoms with E-state index in [9.17, 15) is 9.18 Å². The number of piperazine rings is 1. The first-order valence-corrected chi connectivity index (χ1v) is 10.6. The van der Waals surface area contributed by atoms with Crippen LogP contribution in [0.3, 0.4) is 0 Å². The van der Waals surface area contributed by atoms with Crippen molar-refractivity contribution in [1.82, 2.24) is 19.6 Å². The molecule has 1 aliphatic rings. The molecular weight excluding hydrogens is 417 g/mol. The zero-order chi connectivity index (χ0) is 22.0. The number of aryl methyl sites for hydroxylation is 1. The van der Waals surface area contributed by atoms with Gasteiger partial charge in [0.25, 0.3) is 5.91 Å². The maximum atomic E-state index is 13.2. The number of benzene rings is 2. The van der Waals surface area contributed by atoms with Crippen molar-refractivity contribution >= 4 is 23.2 Å². The number of likely N-dealkylation sites (N-methyl/N-ethyl adjacent to an activating group) is 1. The predicted molar refractivity (Wildman–Crippen MR) is 120 cm³/mol. The summed E-state index contributed by atoms with van der Waals surface area (Å²) < 4.78 is 14.8. The Balaban J connectivity index is 1.41. The Labute approximate surface area is 186 Å². The predicted octanol–water partition coefficient (Wildman–Crippen LogP) is 3.97. The SMILES string of the molecule is Cc1nn(-c2ccc(F)cc2)c(Cl)c1CNc1ccc(C(=O)N2CCN(C)CC2)cc1. The molecule has 162 valence electrons. The zero-order valence-corrected chi connectivity index (χ0v) is 18.4. The summed E-state index contributed by atoms with van der Waals surface area (Å²) in [7, 11) is 2.07. The fraction of sp³-hybridized carbons (Fsp3) is 0.304. The van der Waals surface area contributed by atoms with E-state index in [2.05, 4.69) is 22.4 Å². The first-order chi connectivity index (χ1) is 14.9. The molecule has 1 fully saturated rings. The molecule has 2 heterocycles. The Morgan fingerprint density at radius 3 is 2.35 bits per heavy atom. The zero-order valence-electron chi connectivity index (χ0n) is 17.6. The fourth-order valence-corrected chi connectivity index (χ4v) is 3.94. The Morgan fingerprint density at radius 2 is 1.71 bits per heavy atom. The second-order valence-corrected chi connectivity index (χ2v) is 8.13. The number of nitrogens with one attached hydrogen (secondary N) is 1. The van der Waals surface area contributed by atoms with Gasteiger partial charge in [-0.05, 0) is 62.5 Å². The summed E-state index contributed by atoms with van der Waals surface area (Å²) in [6.45, 7) is 5.68. The van der Waals surface area contributed by atoms with Crippen LogP contribution in [-0.2, 0) is 6.54 Å². The van der Waals surface area contributed by atoms with Gasteiger partial charge in [0.05, 0.1) is 11.4 Å². The average Bonchev–Trinajstić information content (AvgIpc) is 3.06. The average molecular weight is 442 g/mol. The molecule has 0 saturated carbocycles. The molecule has 0 aliphatic carbocycles. The van der Waals surface area contributed by atoms with Crippen LogP contribution < -0.4 is 5.32 Å². The maximum Gasteiger partial charge on any atom is 0.253 e. The third-order valence-electron chi connectivity index (χ3n) is 5.58. The van der Waals surface area contributed by atoms with E-state index in [0.717, 1.165) is 43.1 Å². The number of carbonyl (C=O) groups is 1. The van der Waals surface area contributed by atoms with Crippen LogP contribution in [0, 0.1) is 12.7 Å². The first kappa shape index (κ1) is 21.3. The van der Waals surface area contributed by atoms with Crippen LogP contribution in [0.5, 0.6) is 0 Å². The lowest BCUT2D eigenvalue weighted by molar-refractivity contribution is 0.0664. The quantitative estimate of drug-likeness (QED) is 0.651. The first-order valence-electron chi connectivity index (χ1n) is 10.2. The Bertz CT molecular complexity index is 1060. The van der Waals surface area contributed by atoms with Crippen molar-refractivity contribution in [3.63, 3.8) is 0 Å². The van der Waals surface area contributed by atoms with E-state index in [1.165, 1.54) is 12.1 Å². The van der Waals surface area contributed by atoms with Crippen LogP contribution in [0.15, 0.2) is 48.5 Å². The van der Waals surface area contributed by atoms with Crippen molar-refractivity contribution in [2.24, 2.45) is 0 Å². The van der Waals surface area contributed by atoms with Gasteiger partial charge in [0.2, 0.25) is 0 Å². The molecule has 1 aromatic heterocycles. The van der Waals surface area contributed by atoms with E-state index in [-0.39, 0.29) is 11.7 Å². The molecule has 1 N–H and O–H groups in total. The molecule has 0 atom stereocenters. The van der Waals surface area contributed by atoms with E-state index < -0.39 is 0 Å². The third kappa shape index (κ3) is 4.73. The van der Waals surface area contributed by atoms with Crippen LogP contribution in [-0.4, -0.2) is 58.7 Å². The highest BCUT2D eigenvalue weighted by molar-refractivity contribution is 6.30. The molecule has 0 spiro atoms. The highest BCUT2D eigenvalue weighted by Crippen LogP contribution is 2.25. The van der Waals surface area contributed by atoms with Crippen LogP contribution >= 0.6 is 11.6 Å². The van der Waals surface area contributed by atoms with Gasteiger partial charge in [-0.3, -0.25) is 4.79 Å². The molecule has 4 rings (SSSR count). The minimum absolute atomic E-state index is 0.0686. The van der Waals surface area contributed by atoms with Gasteiger partial charge in [0, 0.05) is 49.5 Å². The van der Waals surface area contributed by atoms with Gasteiger partial charge in [0.15, 0.2) is 0 Å². The molecule has 0 bridgehead atoms. The second-order valence-electron chi connectivity index (χ2n) is 7.77. The summed E-state index contributed by atoms with van der Waals surface area (Å²) in [6.07, 6.45) is 0. The van der Waals surface area contributed by atoms with Gasteiger partial charge in [-0.2, -0.15) is 5.10 Å². The van der Waals surface area contributed by atoms with E-state index in [1.807, 2.05) is 36.1 Å². The lowest BCUT2D eigenvalue weighted by Crippen LogP contribution is -2.47. The number of carbonyl (C=O) groups excluding carboxylic acids is 1. The Hall–Kier alpha value is -2.90. The molecular formula is C23H25ClFN5O. The van der Waals surface area contributed by atoms with Crippen LogP contribution in [0.4, 0.5) is 10.1 Å². The number of hydrogen-bond donors (Lipinski definition) is 1. The van der Waals surface area contributed by atoms with Crippen molar-refractivity contribution in [3.05, 3.63) is 76.3 Å². The molecule has 1 saturated heterocycles. The van der Waals surface area contributed by atoms with E-state index in [4.69, 9.17) is 11.6 Å². The van der Waals surface area contributed by atoms with Gasteiger partial charge in [-0.25, -0.2) is 9.07 Å².